The zero-order valence-electron chi connectivity index (χ0n) is 13.1. The first-order valence-corrected chi connectivity index (χ1v) is 7.87. The van der Waals surface area contributed by atoms with Crippen LogP contribution in [0.2, 0.25) is 0 Å². The summed E-state index contributed by atoms with van der Waals surface area (Å²) >= 11 is 0. The summed E-state index contributed by atoms with van der Waals surface area (Å²) in [7, 11) is 0. The molecule has 0 bridgehead atoms. The third-order valence-electron chi connectivity index (χ3n) is 4.19. The molecule has 1 aliphatic heterocycles. The smallest absolute Gasteiger partial charge is 0.255 e. The minimum absolute atomic E-state index is 0.0565. The second kappa shape index (κ2) is 6.32. The molecule has 2 aromatic carbocycles. The number of benzene rings is 2. The zero-order chi connectivity index (χ0) is 15.5. The van der Waals surface area contributed by atoms with Gasteiger partial charge in [-0.3, -0.25) is 4.79 Å². The second-order valence-corrected chi connectivity index (χ2v) is 6.14. The van der Waals surface area contributed by atoms with Crippen LogP contribution in [0.3, 0.4) is 0 Å². The highest BCUT2D eigenvalue weighted by molar-refractivity contribution is 6.04. The van der Waals surface area contributed by atoms with Crippen LogP contribution in [0.1, 0.15) is 46.8 Å². The van der Waals surface area contributed by atoms with Gasteiger partial charge in [0.05, 0.1) is 0 Å². The maximum Gasteiger partial charge on any atom is 0.255 e. The van der Waals surface area contributed by atoms with E-state index in [-0.39, 0.29) is 5.91 Å². The van der Waals surface area contributed by atoms with Crippen LogP contribution in [0.5, 0.6) is 0 Å². The van der Waals surface area contributed by atoms with Crippen molar-refractivity contribution < 1.29 is 4.79 Å². The molecule has 0 atom stereocenters. The Morgan fingerprint density at radius 1 is 1.09 bits per heavy atom. The number of carbonyl (C=O) groups is 1. The molecule has 0 spiro atoms. The van der Waals surface area contributed by atoms with E-state index in [1.165, 1.54) is 16.7 Å². The van der Waals surface area contributed by atoms with Crippen molar-refractivity contribution in [2.24, 2.45) is 0 Å². The minimum atomic E-state index is -0.0565. The van der Waals surface area contributed by atoms with E-state index in [0.717, 1.165) is 25.2 Å². The maximum atomic E-state index is 12.3. The van der Waals surface area contributed by atoms with Gasteiger partial charge in [-0.15, -0.1) is 0 Å². The Bertz CT molecular complexity index is 674. The Hall–Kier alpha value is -2.13. The fourth-order valence-corrected chi connectivity index (χ4v) is 2.78. The monoisotopic (exact) mass is 294 g/mol. The van der Waals surface area contributed by atoms with Crippen LogP contribution in [0.15, 0.2) is 42.5 Å². The molecular weight excluding hydrogens is 272 g/mol. The van der Waals surface area contributed by atoms with Crippen molar-refractivity contribution in [2.45, 2.75) is 32.7 Å². The van der Waals surface area contributed by atoms with Gasteiger partial charge in [-0.2, -0.15) is 0 Å². The lowest BCUT2D eigenvalue weighted by Crippen LogP contribution is -2.23. The van der Waals surface area contributed by atoms with Gasteiger partial charge >= 0.3 is 0 Å². The van der Waals surface area contributed by atoms with Crippen LogP contribution < -0.4 is 10.6 Å². The van der Waals surface area contributed by atoms with Gasteiger partial charge in [0.15, 0.2) is 0 Å². The number of hydrogen-bond acceptors (Lipinski definition) is 2. The molecule has 1 amide bonds. The van der Waals surface area contributed by atoms with Crippen molar-refractivity contribution in [3.8, 4) is 0 Å². The van der Waals surface area contributed by atoms with Crippen molar-refractivity contribution in [3.63, 3.8) is 0 Å². The Balaban J connectivity index is 1.73. The normalized spacial score (nSPS) is 13.8. The molecule has 0 aliphatic carbocycles. The summed E-state index contributed by atoms with van der Waals surface area (Å²) in [6.07, 6.45) is 1.06. The Kier molecular flexibility index (Phi) is 4.25. The maximum absolute atomic E-state index is 12.3. The Morgan fingerprint density at radius 3 is 2.59 bits per heavy atom. The summed E-state index contributed by atoms with van der Waals surface area (Å²) in [4.78, 5) is 12.3. The van der Waals surface area contributed by atoms with Crippen LogP contribution in [0.25, 0.3) is 0 Å². The summed E-state index contributed by atoms with van der Waals surface area (Å²) in [5.41, 5.74) is 5.45. The molecule has 114 valence electrons. The van der Waals surface area contributed by atoms with E-state index in [9.17, 15) is 4.79 Å². The van der Waals surface area contributed by atoms with E-state index in [2.05, 4.69) is 36.6 Å². The molecule has 2 N–H and O–H groups in total. The quantitative estimate of drug-likeness (QED) is 0.906. The SMILES string of the molecule is CC(C)c1ccc(C(=O)Nc2ccc3c(c2)CNCC3)cc1. The van der Waals surface area contributed by atoms with Crippen molar-refractivity contribution in [1.82, 2.24) is 5.32 Å². The molecule has 22 heavy (non-hydrogen) atoms. The molecule has 0 unspecified atom stereocenters. The number of fused-ring (bicyclic) bond motifs is 1. The molecule has 1 aliphatic rings. The average molecular weight is 294 g/mol. The first-order chi connectivity index (χ1) is 10.6. The molecule has 0 aromatic heterocycles. The lowest BCUT2D eigenvalue weighted by molar-refractivity contribution is 0.102. The van der Waals surface area contributed by atoms with Crippen LogP contribution >= 0.6 is 0 Å². The topological polar surface area (TPSA) is 41.1 Å². The zero-order valence-corrected chi connectivity index (χ0v) is 13.1. The number of amides is 1. The summed E-state index contributed by atoms with van der Waals surface area (Å²) in [5, 5.41) is 6.35. The van der Waals surface area contributed by atoms with Gasteiger partial charge in [-0.25, -0.2) is 0 Å². The van der Waals surface area contributed by atoms with Gasteiger partial charge in [-0.05, 0) is 59.8 Å². The van der Waals surface area contributed by atoms with Crippen LogP contribution in [0, 0.1) is 0 Å². The average Bonchev–Trinajstić information content (AvgIpc) is 2.55. The number of hydrogen-bond donors (Lipinski definition) is 2. The predicted octanol–water partition coefficient (Wildman–Crippen LogP) is 3.71. The highest BCUT2D eigenvalue weighted by atomic mass is 16.1. The molecule has 3 nitrogen and oxygen atoms in total. The molecular formula is C19H22N2O. The Labute approximate surface area is 131 Å². The van der Waals surface area contributed by atoms with E-state index in [1.807, 2.05) is 30.3 Å². The summed E-state index contributed by atoms with van der Waals surface area (Å²) in [6.45, 7) is 6.20. The fraction of sp³-hybridized carbons (Fsp3) is 0.316. The van der Waals surface area contributed by atoms with Crippen molar-refractivity contribution in [3.05, 3.63) is 64.7 Å². The first-order valence-electron chi connectivity index (χ1n) is 7.87. The number of anilines is 1. The van der Waals surface area contributed by atoms with Crippen LogP contribution in [-0.2, 0) is 13.0 Å². The van der Waals surface area contributed by atoms with Gasteiger partial charge in [0, 0.05) is 17.8 Å². The standard InChI is InChI=1S/C19H22N2O/c1-13(2)14-3-5-16(6-4-14)19(22)21-18-8-7-15-9-10-20-12-17(15)11-18/h3-8,11,13,20H,9-10,12H2,1-2H3,(H,21,22). The fourth-order valence-electron chi connectivity index (χ4n) is 2.78. The lowest BCUT2D eigenvalue weighted by Gasteiger charge is -2.18. The Morgan fingerprint density at radius 2 is 1.86 bits per heavy atom. The van der Waals surface area contributed by atoms with Gasteiger partial charge in [0.25, 0.3) is 5.91 Å². The van der Waals surface area contributed by atoms with Gasteiger partial charge < -0.3 is 10.6 Å². The third-order valence-corrected chi connectivity index (χ3v) is 4.19. The molecule has 1 heterocycles. The van der Waals surface area contributed by atoms with Gasteiger partial charge in [0.2, 0.25) is 0 Å². The number of carbonyl (C=O) groups excluding carboxylic acids is 1. The summed E-state index contributed by atoms with van der Waals surface area (Å²) < 4.78 is 0. The highest BCUT2D eigenvalue weighted by Gasteiger charge is 2.11. The van der Waals surface area contributed by atoms with E-state index in [4.69, 9.17) is 0 Å². The van der Waals surface area contributed by atoms with Gasteiger partial charge in [0.1, 0.15) is 0 Å². The highest BCUT2D eigenvalue weighted by Crippen LogP contribution is 2.20. The molecule has 0 saturated heterocycles. The van der Waals surface area contributed by atoms with Crippen LogP contribution in [0.4, 0.5) is 5.69 Å². The summed E-state index contributed by atoms with van der Waals surface area (Å²) in [5.74, 6) is 0.421. The van der Waals surface area contributed by atoms with Gasteiger partial charge in [-0.1, -0.05) is 32.0 Å². The van der Waals surface area contributed by atoms with E-state index < -0.39 is 0 Å². The summed E-state index contributed by atoms with van der Waals surface area (Å²) in [6, 6.07) is 14.0. The second-order valence-electron chi connectivity index (χ2n) is 6.14. The minimum Gasteiger partial charge on any atom is -0.322 e. The van der Waals surface area contributed by atoms with Crippen molar-refractivity contribution >= 4 is 11.6 Å². The molecule has 3 rings (SSSR count). The van der Waals surface area contributed by atoms with E-state index >= 15 is 0 Å². The number of nitrogens with one attached hydrogen (secondary N) is 2. The lowest BCUT2D eigenvalue weighted by atomic mass is 10.00. The van der Waals surface area contributed by atoms with E-state index in [0.29, 0.717) is 11.5 Å². The molecule has 3 heteroatoms. The van der Waals surface area contributed by atoms with Crippen molar-refractivity contribution in [2.75, 3.05) is 11.9 Å². The molecule has 2 aromatic rings. The van der Waals surface area contributed by atoms with E-state index in [1.54, 1.807) is 0 Å². The molecule has 0 fully saturated rings. The molecule has 0 radical (unpaired) electrons. The largest absolute Gasteiger partial charge is 0.322 e. The number of rotatable bonds is 3. The third kappa shape index (κ3) is 3.20. The molecule has 0 saturated carbocycles. The predicted molar refractivity (Wildman–Crippen MR) is 90.3 cm³/mol. The van der Waals surface area contributed by atoms with Crippen molar-refractivity contribution in [1.29, 1.82) is 0 Å². The van der Waals surface area contributed by atoms with Crippen LogP contribution in [-0.4, -0.2) is 12.5 Å². The first kappa shape index (κ1) is 14.8.